The summed E-state index contributed by atoms with van der Waals surface area (Å²) < 4.78 is 2.36. The minimum absolute atomic E-state index is 0.0778. The Hall–Kier alpha value is -2.96. The second-order valence-corrected chi connectivity index (χ2v) is 10.2. The average molecular weight is 502 g/mol. The molecule has 1 heterocycles. The maximum absolute atomic E-state index is 12.2. The van der Waals surface area contributed by atoms with Gasteiger partial charge in [-0.15, -0.1) is 11.8 Å². The molecule has 1 amide bonds. The van der Waals surface area contributed by atoms with Crippen LogP contribution in [0.25, 0.3) is 22.5 Å². The molecular weight excluding hydrogens is 470 g/mol. The van der Waals surface area contributed by atoms with Crippen molar-refractivity contribution in [2.45, 2.75) is 36.4 Å². The van der Waals surface area contributed by atoms with E-state index in [0.29, 0.717) is 12.3 Å². The van der Waals surface area contributed by atoms with E-state index in [1.165, 1.54) is 11.3 Å². The number of thioether (sulfide) groups is 2. The Balaban J connectivity index is 1.40. The minimum Gasteiger partial charge on any atom is -0.355 e. The predicted molar refractivity (Wildman–Crippen MR) is 149 cm³/mol. The number of amides is 1. The normalized spacial score (nSPS) is 10.9. The molecule has 180 valence electrons. The number of carbonyl (C=O) groups is 1. The molecule has 0 bridgehead atoms. The monoisotopic (exact) mass is 501 g/mol. The van der Waals surface area contributed by atoms with Crippen LogP contribution in [0.1, 0.15) is 19.8 Å². The Kier molecular flexibility index (Phi) is 9.49. The fourth-order valence-corrected chi connectivity index (χ4v) is 5.55. The van der Waals surface area contributed by atoms with Gasteiger partial charge in [0, 0.05) is 34.9 Å². The summed E-state index contributed by atoms with van der Waals surface area (Å²) in [6.45, 7) is 3.79. The molecule has 1 N–H and O–H groups in total. The van der Waals surface area contributed by atoms with Crippen LogP contribution in [0.15, 0.2) is 101 Å². The van der Waals surface area contributed by atoms with Crippen molar-refractivity contribution < 1.29 is 4.79 Å². The van der Waals surface area contributed by atoms with Crippen molar-refractivity contribution in [2.75, 3.05) is 18.1 Å². The number of aromatic nitrogens is 2. The molecule has 4 aromatic rings. The second kappa shape index (κ2) is 13.2. The number of nitrogens with zero attached hydrogens (tertiary/aromatic N) is 2. The van der Waals surface area contributed by atoms with E-state index in [-0.39, 0.29) is 5.91 Å². The van der Waals surface area contributed by atoms with Crippen molar-refractivity contribution in [1.82, 2.24) is 14.9 Å². The molecule has 1 aromatic heterocycles. The number of benzene rings is 3. The highest BCUT2D eigenvalue weighted by Crippen LogP contribution is 2.36. The quantitative estimate of drug-likeness (QED) is 0.167. The maximum atomic E-state index is 12.2. The summed E-state index contributed by atoms with van der Waals surface area (Å²) in [5.41, 5.74) is 4.51. The van der Waals surface area contributed by atoms with E-state index in [0.717, 1.165) is 46.4 Å². The summed E-state index contributed by atoms with van der Waals surface area (Å²) in [4.78, 5) is 18.4. The van der Waals surface area contributed by atoms with Gasteiger partial charge >= 0.3 is 0 Å². The first-order chi connectivity index (χ1) is 17.3. The van der Waals surface area contributed by atoms with Gasteiger partial charge in [0.1, 0.15) is 0 Å². The van der Waals surface area contributed by atoms with E-state index in [2.05, 4.69) is 71.4 Å². The molecule has 6 heteroatoms. The van der Waals surface area contributed by atoms with Crippen molar-refractivity contribution in [2.24, 2.45) is 0 Å². The van der Waals surface area contributed by atoms with Crippen LogP contribution in [0.3, 0.4) is 0 Å². The van der Waals surface area contributed by atoms with Crippen LogP contribution in [-0.4, -0.2) is 33.5 Å². The second-order valence-electron chi connectivity index (χ2n) is 8.13. The van der Waals surface area contributed by atoms with Crippen molar-refractivity contribution >= 4 is 29.4 Å². The first-order valence-electron chi connectivity index (χ1n) is 12.0. The highest BCUT2D eigenvalue weighted by Gasteiger charge is 2.19. The molecule has 0 saturated carbocycles. The summed E-state index contributed by atoms with van der Waals surface area (Å²) in [6, 6.07) is 31.0. The lowest BCUT2D eigenvalue weighted by molar-refractivity contribution is -0.118. The van der Waals surface area contributed by atoms with Gasteiger partial charge in [-0.2, -0.15) is 0 Å². The zero-order valence-corrected chi connectivity index (χ0v) is 21.7. The molecular formula is C29H31N3OS2. The molecule has 0 aliphatic heterocycles. The molecule has 0 radical (unpaired) electrons. The standard InChI is InChI=1S/C29H31N3OS2/c1-2-20-32-28(24-15-8-4-9-16-24)27(23-13-6-3-7-14-23)31-29(32)34-21-12-19-30-26(33)22-35-25-17-10-5-11-18-25/h3-11,13-18H,2,12,19-22H2,1H3,(H,30,33). The van der Waals surface area contributed by atoms with Crippen LogP contribution in [0.2, 0.25) is 0 Å². The van der Waals surface area contributed by atoms with E-state index < -0.39 is 0 Å². The van der Waals surface area contributed by atoms with Gasteiger partial charge in [-0.1, -0.05) is 97.5 Å². The molecule has 0 saturated heterocycles. The van der Waals surface area contributed by atoms with E-state index in [9.17, 15) is 4.79 Å². The van der Waals surface area contributed by atoms with Gasteiger partial charge in [0.05, 0.1) is 17.1 Å². The van der Waals surface area contributed by atoms with Crippen molar-refractivity contribution in [3.05, 3.63) is 91.0 Å². The van der Waals surface area contributed by atoms with Crippen molar-refractivity contribution in [3.8, 4) is 22.5 Å². The molecule has 0 aliphatic rings. The van der Waals surface area contributed by atoms with Crippen LogP contribution >= 0.6 is 23.5 Å². The topological polar surface area (TPSA) is 46.9 Å². The van der Waals surface area contributed by atoms with Gasteiger partial charge in [-0.05, 0) is 25.0 Å². The fourth-order valence-electron chi connectivity index (χ4n) is 3.84. The molecule has 0 spiro atoms. The van der Waals surface area contributed by atoms with Crippen LogP contribution in [0.5, 0.6) is 0 Å². The van der Waals surface area contributed by atoms with E-state index in [1.807, 2.05) is 36.4 Å². The smallest absolute Gasteiger partial charge is 0.230 e. The van der Waals surface area contributed by atoms with E-state index in [4.69, 9.17) is 4.98 Å². The molecule has 0 fully saturated rings. The zero-order chi connectivity index (χ0) is 24.3. The number of imidazole rings is 1. The predicted octanol–water partition coefficient (Wildman–Crippen LogP) is 7.02. The van der Waals surface area contributed by atoms with Crippen molar-refractivity contribution in [3.63, 3.8) is 0 Å². The first-order valence-corrected chi connectivity index (χ1v) is 14.0. The van der Waals surface area contributed by atoms with Gasteiger partial charge < -0.3 is 9.88 Å². The lowest BCUT2D eigenvalue weighted by Crippen LogP contribution is -2.26. The van der Waals surface area contributed by atoms with Gasteiger partial charge in [-0.25, -0.2) is 4.98 Å². The van der Waals surface area contributed by atoms with Crippen LogP contribution < -0.4 is 5.32 Å². The average Bonchev–Trinajstić information content (AvgIpc) is 3.27. The Morgan fingerprint density at radius 2 is 1.49 bits per heavy atom. The van der Waals surface area contributed by atoms with E-state index >= 15 is 0 Å². The largest absolute Gasteiger partial charge is 0.355 e. The molecule has 4 nitrogen and oxygen atoms in total. The lowest BCUT2D eigenvalue weighted by Gasteiger charge is -2.12. The van der Waals surface area contributed by atoms with Gasteiger partial charge in [0.15, 0.2) is 5.16 Å². The Morgan fingerprint density at radius 1 is 0.857 bits per heavy atom. The minimum atomic E-state index is 0.0778. The molecule has 35 heavy (non-hydrogen) atoms. The Labute approximate surface area is 216 Å². The lowest BCUT2D eigenvalue weighted by atomic mass is 10.0. The number of hydrogen-bond donors (Lipinski definition) is 1. The molecule has 4 rings (SSSR count). The first kappa shape index (κ1) is 25.1. The summed E-state index contributed by atoms with van der Waals surface area (Å²) in [7, 11) is 0. The van der Waals surface area contributed by atoms with Crippen LogP contribution in [-0.2, 0) is 11.3 Å². The third-order valence-corrected chi connectivity index (χ3v) is 7.54. The highest BCUT2D eigenvalue weighted by atomic mass is 32.2. The zero-order valence-electron chi connectivity index (χ0n) is 20.0. The van der Waals surface area contributed by atoms with Crippen molar-refractivity contribution in [1.29, 1.82) is 0 Å². The number of hydrogen-bond acceptors (Lipinski definition) is 4. The highest BCUT2D eigenvalue weighted by molar-refractivity contribution is 8.00. The fraction of sp³-hybridized carbons (Fsp3) is 0.241. The molecule has 0 aliphatic carbocycles. The van der Waals surface area contributed by atoms with Gasteiger partial charge in [0.2, 0.25) is 5.91 Å². The molecule has 0 unspecified atom stereocenters. The van der Waals surface area contributed by atoms with Gasteiger partial charge in [-0.3, -0.25) is 4.79 Å². The van der Waals surface area contributed by atoms with E-state index in [1.54, 1.807) is 23.5 Å². The maximum Gasteiger partial charge on any atom is 0.230 e. The number of carbonyl (C=O) groups excluding carboxylic acids is 1. The van der Waals surface area contributed by atoms with Gasteiger partial charge in [0.25, 0.3) is 0 Å². The molecule has 0 atom stereocenters. The molecule has 3 aromatic carbocycles. The SMILES string of the molecule is CCCn1c(SCCCNC(=O)CSc2ccccc2)nc(-c2ccccc2)c1-c1ccccc1. The Morgan fingerprint density at radius 3 is 2.14 bits per heavy atom. The Bertz CT molecular complexity index is 1190. The van der Waals surface area contributed by atoms with Crippen LogP contribution in [0, 0.1) is 0 Å². The third kappa shape index (κ3) is 7.03. The summed E-state index contributed by atoms with van der Waals surface area (Å²) >= 11 is 3.33. The summed E-state index contributed by atoms with van der Waals surface area (Å²) in [6.07, 6.45) is 1.93. The van der Waals surface area contributed by atoms with Crippen LogP contribution in [0.4, 0.5) is 0 Å². The summed E-state index contributed by atoms with van der Waals surface area (Å²) in [5, 5.41) is 4.08. The number of nitrogens with one attached hydrogen (secondary N) is 1. The third-order valence-electron chi connectivity index (χ3n) is 5.46. The summed E-state index contributed by atoms with van der Waals surface area (Å²) in [5.74, 6) is 1.42. The number of rotatable bonds is 12.